The van der Waals surface area contributed by atoms with Crippen LogP contribution < -0.4 is 5.32 Å². The van der Waals surface area contributed by atoms with Crippen LogP contribution in [0.25, 0.3) is 0 Å². The number of nitrogens with one attached hydrogen (secondary N) is 1. The first kappa shape index (κ1) is 10.6. The van der Waals surface area contributed by atoms with Crippen molar-refractivity contribution in [1.29, 1.82) is 0 Å². The number of hydrogen-bond donors (Lipinski definition) is 1. The van der Waals surface area contributed by atoms with E-state index < -0.39 is 0 Å². The van der Waals surface area contributed by atoms with Crippen molar-refractivity contribution in [3.63, 3.8) is 0 Å². The SMILES string of the molecule is Cn1ccnc1C(NC1COC1)c1ccco1. The van der Waals surface area contributed by atoms with Crippen LogP contribution in [0.1, 0.15) is 17.6 Å². The smallest absolute Gasteiger partial charge is 0.133 e. The molecule has 0 spiro atoms. The molecule has 0 bridgehead atoms. The first-order valence-corrected chi connectivity index (χ1v) is 5.69. The molecule has 90 valence electrons. The Morgan fingerprint density at radius 1 is 1.53 bits per heavy atom. The lowest BCUT2D eigenvalue weighted by molar-refractivity contribution is -0.00960. The Balaban J connectivity index is 1.88. The second-order valence-corrected chi connectivity index (χ2v) is 4.25. The summed E-state index contributed by atoms with van der Waals surface area (Å²) >= 11 is 0. The molecule has 2 aromatic heterocycles. The monoisotopic (exact) mass is 233 g/mol. The van der Waals surface area contributed by atoms with Gasteiger partial charge >= 0.3 is 0 Å². The van der Waals surface area contributed by atoms with Crippen molar-refractivity contribution in [2.75, 3.05) is 13.2 Å². The molecule has 5 nitrogen and oxygen atoms in total. The van der Waals surface area contributed by atoms with Gasteiger partial charge in [-0.05, 0) is 12.1 Å². The zero-order valence-electron chi connectivity index (χ0n) is 9.67. The largest absolute Gasteiger partial charge is 0.467 e. The molecule has 2 aromatic rings. The van der Waals surface area contributed by atoms with Gasteiger partial charge in [-0.25, -0.2) is 4.98 Å². The number of rotatable bonds is 4. The van der Waals surface area contributed by atoms with Crippen LogP contribution in [0.2, 0.25) is 0 Å². The van der Waals surface area contributed by atoms with Gasteiger partial charge in [-0.3, -0.25) is 5.32 Å². The number of furan rings is 1. The first-order chi connectivity index (χ1) is 8.34. The van der Waals surface area contributed by atoms with Crippen LogP contribution >= 0.6 is 0 Å². The van der Waals surface area contributed by atoms with Crippen LogP contribution in [0.5, 0.6) is 0 Å². The van der Waals surface area contributed by atoms with Crippen molar-refractivity contribution in [2.45, 2.75) is 12.1 Å². The minimum atomic E-state index is -0.0149. The summed E-state index contributed by atoms with van der Waals surface area (Å²) in [6.45, 7) is 1.50. The Labute approximate surface area is 99.4 Å². The predicted octanol–water partition coefficient (Wildman–Crippen LogP) is 1.09. The molecular formula is C12H15N3O2. The summed E-state index contributed by atoms with van der Waals surface area (Å²) in [5.74, 6) is 1.83. The van der Waals surface area contributed by atoms with Gasteiger partial charge in [-0.15, -0.1) is 0 Å². The van der Waals surface area contributed by atoms with E-state index in [-0.39, 0.29) is 6.04 Å². The second-order valence-electron chi connectivity index (χ2n) is 4.25. The molecule has 0 amide bonds. The minimum absolute atomic E-state index is 0.0149. The summed E-state index contributed by atoms with van der Waals surface area (Å²) in [6.07, 6.45) is 5.42. The van der Waals surface area contributed by atoms with Gasteiger partial charge in [0.2, 0.25) is 0 Å². The molecule has 0 saturated carbocycles. The van der Waals surface area contributed by atoms with Gasteiger partial charge in [0.05, 0.1) is 25.5 Å². The Morgan fingerprint density at radius 3 is 2.94 bits per heavy atom. The molecular weight excluding hydrogens is 218 g/mol. The third kappa shape index (κ3) is 1.99. The molecule has 0 aliphatic carbocycles. The predicted molar refractivity (Wildman–Crippen MR) is 61.5 cm³/mol. The quantitative estimate of drug-likeness (QED) is 0.859. The Hall–Kier alpha value is -1.59. The van der Waals surface area contributed by atoms with E-state index >= 15 is 0 Å². The molecule has 1 aliphatic heterocycles. The summed E-state index contributed by atoms with van der Waals surface area (Å²) in [4.78, 5) is 4.38. The average Bonchev–Trinajstić information content (AvgIpc) is 2.89. The van der Waals surface area contributed by atoms with E-state index in [0.717, 1.165) is 24.8 Å². The van der Waals surface area contributed by atoms with Crippen molar-refractivity contribution in [3.05, 3.63) is 42.4 Å². The van der Waals surface area contributed by atoms with E-state index in [1.54, 1.807) is 12.5 Å². The van der Waals surface area contributed by atoms with Gasteiger partial charge in [-0.2, -0.15) is 0 Å². The molecule has 0 radical (unpaired) electrons. The number of nitrogens with zero attached hydrogens (tertiary/aromatic N) is 2. The highest BCUT2D eigenvalue weighted by molar-refractivity contribution is 5.16. The molecule has 3 heterocycles. The van der Waals surface area contributed by atoms with Crippen molar-refractivity contribution >= 4 is 0 Å². The molecule has 0 aromatic carbocycles. The highest BCUT2D eigenvalue weighted by Gasteiger charge is 2.27. The van der Waals surface area contributed by atoms with E-state index in [2.05, 4.69) is 10.3 Å². The molecule has 1 aliphatic rings. The topological polar surface area (TPSA) is 52.2 Å². The van der Waals surface area contributed by atoms with E-state index in [0.29, 0.717) is 6.04 Å². The van der Waals surface area contributed by atoms with E-state index in [9.17, 15) is 0 Å². The Kier molecular flexibility index (Phi) is 2.70. The zero-order chi connectivity index (χ0) is 11.7. The summed E-state index contributed by atoms with van der Waals surface area (Å²) in [7, 11) is 1.98. The van der Waals surface area contributed by atoms with Crippen molar-refractivity contribution < 1.29 is 9.15 Å². The third-order valence-electron chi connectivity index (χ3n) is 2.98. The normalized spacial score (nSPS) is 17.9. The number of hydrogen-bond acceptors (Lipinski definition) is 4. The molecule has 17 heavy (non-hydrogen) atoms. The van der Waals surface area contributed by atoms with Crippen LogP contribution in [0, 0.1) is 0 Å². The fourth-order valence-electron chi connectivity index (χ4n) is 1.96. The van der Waals surface area contributed by atoms with E-state index in [1.807, 2.05) is 29.9 Å². The minimum Gasteiger partial charge on any atom is -0.467 e. The molecule has 1 fully saturated rings. The lowest BCUT2D eigenvalue weighted by atomic mass is 10.1. The highest BCUT2D eigenvalue weighted by Crippen LogP contribution is 2.22. The number of imidazole rings is 1. The van der Waals surface area contributed by atoms with Gasteiger partial charge in [0.1, 0.15) is 17.6 Å². The molecule has 1 atom stereocenters. The molecule has 1 N–H and O–H groups in total. The number of aromatic nitrogens is 2. The summed E-state index contributed by atoms with van der Waals surface area (Å²) < 4.78 is 12.7. The Bertz CT molecular complexity index is 474. The maximum atomic E-state index is 5.49. The number of ether oxygens (including phenoxy) is 1. The van der Waals surface area contributed by atoms with Gasteiger partial charge in [-0.1, -0.05) is 0 Å². The third-order valence-corrected chi connectivity index (χ3v) is 2.98. The van der Waals surface area contributed by atoms with Gasteiger partial charge < -0.3 is 13.7 Å². The lowest BCUT2D eigenvalue weighted by Crippen LogP contribution is -2.48. The summed E-state index contributed by atoms with van der Waals surface area (Å²) in [6, 6.07) is 4.22. The maximum Gasteiger partial charge on any atom is 0.133 e. The van der Waals surface area contributed by atoms with Crippen molar-refractivity contribution in [1.82, 2.24) is 14.9 Å². The maximum absolute atomic E-state index is 5.49. The summed E-state index contributed by atoms with van der Waals surface area (Å²) in [5.41, 5.74) is 0. The van der Waals surface area contributed by atoms with Gasteiger partial charge in [0.25, 0.3) is 0 Å². The van der Waals surface area contributed by atoms with Crippen LogP contribution in [-0.2, 0) is 11.8 Å². The van der Waals surface area contributed by atoms with Crippen LogP contribution in [-0.4, -0.2) is 28.8 Å². The van der Waals surface area contributed by atoms with Crippen molar-refractivity contribution in [3.8, 4) is 0 Å². The second kappa shape index (κ2) is 4.35. The van der Waals surface area contributed by atoms with Crippen molar-refractivity contribution in [2.24, 2.45) is 7.05 Å². The molecule has 3 rings (SSSR count). The van der Waals surface area contributed by atoms with Crippen LogP contribution in [0.15, 0.2) is 35.2 Å². The van der Waals surface area contributed by atoms with Crippen LogP contribution in [0.3, 0.4) is 0 Å². The molecule has 1 unspecified atom stereocenters. The zero-order valence-corrected chi connectivity index (χ0v) is 9.67. The highest BCUT2D eigenvalue weighted by atomic mass is 16.5. The Morgan fingerprint density at radius 2 is 2.41 bits per heavy atom. The first-order valence-electron chi connectivity index (χ1n) is 5.69. The van der Waals surface area contributed by atoms with Gasteiger partial charge in [0.15, 0.2) is 0 Å². The van der Waals surface area contributed by atoms with E-state index in [4.69, 9.17) is 9.15 Å². The lowest BCUT2D eigenvalue weighted by Gasteiger charge is -2.30. The fraction of sp³-hybridized carbons (Fsp3) is 0.417. The molecule has 5 heteroatoms. The average molecular weight is 233 g/mol. The van der Waals surface area contributed by atoms with Crippen LogP contribution in [0.4, 0.5) is 0 Å². The number of aryl methyl sites for hydroxylation is 1. The standard InChI is InChI=1S/C12H15N3O2/c1-15-5-4-13-12(15)11(10-3-2-6-17-10)14-9-7-16-8-9/h2-6,9,11,14H,7-8H2,1H3. The van der Waals surface area contributed by atoms with E-state index in [1.165, 1.54) is 0 Å². The fourth-order valence-corrected chi connectivity index (χ4v) is 1.96. The summed E-state index contributed by atoms with van der Waals surface area (Å²) in [5, 5.41) is 3.50. The van der Waals surface area contributed by atoms with Gasteiger partial charge in [0, 0.05) is 19.4 Å². The molecule has 1 saturated heterocycles.